The number of sulfonamides is 1. The third kappa shape index (κ3) is 3.76. The van der Waals surface area contributed by atoms with Gasteiger partial charge in [-0.05, 0) is 24.6 Å². The molecule has 0 aliphatic carbocycles. The smallest absolute Gasteiger partial charge is 0.264 e. The van der Waals surface area contributed by atoms with Crippen molar-refractivity contribution in [3.05, 3.63) is 60.0 Å². The molecule has 0 spiro atoms. The topological polar surface area (TPSA) is 85.5 Å². The monoisotopic (exact) mass is 373 g/mol. The lowest BCUT2D eigenvalue weighted by molar-refractivity contribution is 0.237. The largest absolute Gasteiger partial charge is 0.482 e. The summed E-state index contributed by atoms with van der Waals surface area (Å²) >= 11 is 0. The summed E-state index contributed by atoms with van der Waals surface area (Å²) in [5.41, 5.74) is 1.65. The average Bonchev–Trinajstić information content (AvgIpc) is 3.10. The minimum atomic E-state index is -3.63. The first-order chi connectivity index (χ1) is 12.4. The van der Waals surface area contributed by atoms with Crippen LogP contribution in [0.25, 0.3) is 11.4 Å². The molecular weight excluding hydrogens is 354 g/mol. The molecule has 1 heterocycles. The number of benzene rings is 2. The van der Waals surface area contributed by atoms with E-state index in [-0.39, 0.29) is 23.1 Å². The van der Waals surface area contributed by atoms with Crippen LogP contribution in [-0.2, 0) is 16.6 Å². The molecule has 3 aromatic rings. The van der Waals surface area contributed by atoms with Gasteiger partial charge < -0.3 is 9.26 Å². The second-order valence-electron chi connectivity index (χ2n) is 5.90. The van der Waals surface area contributed by atoms with Gasteiger partial charge in [-0.1, -0.05) is 41.6 Å². The molecule has 7 nitrogen and oxygen atoms in total. The van der Waals surface area contributed by atoms with E-state index >= 15 is 0 Å². The van der Waals surface area contributed by atoms with Crippen molar-refractivity contribution < 1.29 is 17.7 Å². The molecule has 0 saturated heterocycles. The first-order valence-electron chi connectivity index (χ1n) is 7.92. The molecule has 3 rings (SSSR count). The molecule has 0 bridgehead atoms. The summed E-state index contributed by atoms with van der Waals surface area (Å²) in [4.78, 5) is 4.38. The van der Waals surface area contributed by atoms with E-state index in [0.29, 0.717) is 5.82 Å². The van der Waals surface area contributed by atoms with Crippen molar-refractivity contribution in [2.45, 2.75) is 18.4 Å². The van der Waals surface area contributed by atoms with E-state index < -0.39 is 10.0 Å². The molecule has 0 aliphatic rings. The maximum Gasteiger partial charge on any atom is 0.264 e. The highest BCUT2D eigenvalue weighted by atomic mass is 32.2. The molecule has 1 aromatic heterocycles. The summed E-state index contributed by atoms with van der Waals surface area (Å²) in [6, 6.07) is 14.4. The van der Waals surface area contributed by atoms with Crippen LogP contribution in [0, 0.1) is 6.92 Å². The number of hydrogen-bond acceptors (Lipinski definition) is 6. The van der Waals surface area contributed by atoms with Gasteiger partial charge in [0.1, 0.15) is 10.6 Å². The normalized spacial score (nSPS) is 11.7. The molecule has 0 aliphatic heterocycles. The average molecular weight is 373 g/mol. The number of rotatable bonds is 6. The van der Waals surface area contributed by atoms with Crippen LogP contribution < -0.4 is 4.74 Å². The predicted octanol–water partition coefficient (Wildman–Crippen LogP) is 2.87. The van der Waals surface area contributed by atoms with E-state index in [1.165, 1.54) is 14.1 Å². The molecule has 26 heavy (non-hydrogen) atoms. The van der Waals surface area contributed by atoms with Gasteiger partial charge in [-0.15, -0.1) is 0 Å². The van der Waals surface area contributed by atoms with E-state index in [1.54, 1.807) is 18.2 Å². The van der Waals surface area contributed by atoms with Gasteiger partial charge in [0.15, 0.2) is 6.61 Å². The van der Waals surface area contributed by atoms with Crippen LogP contribution in [0.5, 0.6) is 5.75 Å². The van der Waals surface area contributed by atoms with Crippen molar-refractivity contribution in [3.8, 4) is 17.1 Å². The molecule has 136 valence electrons. The highest BCUT2D eigenvalue weighted by molar-refractivity contribution is 7.89. The molecule has 0 radical (unpaired) electrons. The zero-order valence-electron chi connectivity index (χ0n) is 14.7. The maximum absolute atomic E-state index is 12.5. The van der Waals surface area contributed by atoms with Gasteiger partial charge in [-0.3, -0.25) is 0 Å². The zero-order chi connectivity index (χ0) is 18.7. The Bertz CT molecular complexity index is 998. The van der Waals surface area contributed by atoms with Crippen molar-refractivity contribution in [2.24, 2.45) is 0 Å². The molecule has 0 saturated carbocycles. The van der Waals surface area contributed by atoms with Crippen molar-refractivity contribution >= 4 is 10.0 Å². The third-order valence-electron chi connectivity index (χ3n) is 3.71. The summed E-state index contributed by atoms with van der Waals surface area (Å²) in [6.45, 7) is 1.79. The number of aromatic nitrogens is 2. The predicted molar refractivity (Wildman–Crippen MR) is 96.1 cm³/mol. The minimum absolute atomic E-state index is 0.0289. The highest BCUT2D eigenvalue weighted by Gasteiger charge is 2.23. The Balaban J connectivity index is 1.82. The van der Waals surface area contributed by atoms with Gasteiger partial charge in [-0.25, -0.2) is 12.7 Å². The van der Waals surface area contributed by atoms with Crippen molar-refractivity contribution in [3.63, 3.8) is 0 Å². The van der Waals surface area contributed by atoms with Crippen LogP contribution in [0.1, 0.15) is 11.5 Å². The van der Waals surface area contributed by atoms with E-state index in [1.807, 2.05) is 37.3 Å². The van der Waals surface area contributed by atoms with Gasteiger partial charge in [0.2, 0.25) is 15.8 Å². The Labute approximate surface area is 152 Å². The zero-order valence-corrected chi connectivity index (χ0v) is 15.5. The summed E-state index contributed by atoms with van der Waals surface area (Å²) in [7, 11) is -0.675. The van der Waals surface area contributed by atoms with Gasteiger partial charge in [-0.2, -0.15) is 4.98 Å². The lowest BCUT2D eigenvalue weighted by atomic mass is 10.2. The number of nitrogens with zero attached hydrogens (tertiary/aromatic N) is 3. The Hall–Kier alpha value is -2.71. The van der Waals surface area contributed by atoms with E-state index in [2.05, 4.69) is 10.1 Å². The number of aryl methyl sites for hydroxylation is 1. The number of ether oxygens (including phenoxy) is 1. The standard InChI is InChI=1S/C18H19N3O4S/c1-13-9-10-15(16(11-13)26(22,23)21(2)3)24-12-17-19-18(20-25-17)14-7-5-4-6-8-14/h4-11H,12H2,1-3H3. The van der Waals surface area contributed by atoms with Crippen LogP contribution in [0.2, 0.25) is 0 Å². The molecule has 0 N–H and O–H groups in total. The fourth-order valence-corrected chi connectivity index (χ4v) is 3.40. The molecule has 8 heteroatoms. The van der Waals surface area contributed by atoms with E-state index in [0.717, 1.165) is 15.4 Å². The molecular formula is C18H19N3O4S. The summed E-state index contributed by atoms with van der Waals surface area (Å²) in [5, 5.41) is 3.92. The summed E-state index contributed by atoms with van der Waals surface area (Å²) in [6.07, 6.45) is 0. The minimum Gasteiger partial charge on any atom is -0.482 e. The first kappa shape index (κ1) is 18.1. The first-order valence-corrected chi connectivity index (χ1v) is 9.36. The Morgan fingerprint density at radius 2 is 1.85 bits per heavy atom. The fourth-order valence-electron chi connectivity index (χ4n) is 2.29. The Morgan fingerprint density at radius 1 is 1.12 bits per heavy atom. The second-order valence-corrected chi connectivity index (χ2v) is 8.02. The van der Waals surface area contributed by atoms with Crippen LogP contribution >= 0.6 is 0 Å². The lowest BCUT2D eigenvalue weighted by Crippen LogP contribution is -2.23. The van der Waals surface area contributed by atoms with Crippen molar-refractivity contribution in [1.82, 2.24) is 14.4 Å². The maximum atomic E-state index is 12.5. The summed E-state index contributed by atoms with van der Waals surface area (Å²) < 4.78 is 37.0. The quantitative estimate of drug-likeness (QED) is 0.660. The molecule has 2 aromatic carbocycles. The van der Waals surface area contributed by atoms with Crippen LogP contribution in [0.15, 0.2) is 57.9 Å². The van der Waals surface area contributed by atoms with E-state index in [4.69, 9.17) is 9.26 Å². The SMILES string of the molecule is Cc1ccc(OCc2nc(-c3ccccc3)no2)c(S(=O)(=O)N(C)C)c1. The van der Waals surface area contributed by atoms with Crippen LogP contribution in [-0.4, -0.2) is 37.0 Å². The number of hydrogen-bond donors (Lipinski definition) is 0. The second kappa shape index (κ2) is 7.27. The van der Waals surface area contributed by atoms with Gasteiger partial charge >= 0.3 is 0 Å². The van der Waals surface area contributed by atoms with Crippen molar-refractivity contribution in [2.75, 3.05) is 14.1 Å². The molecule has 0 unspecified atom stereocenters. The van der Waals surface area contributed by atoms with E-state index in [9.17, 15) is 8.42 Å². The highest BCUT2D eigenvalue weighted by Crippen LogP contribution is 2.28. The molecule has 0 amide bonds. The summed E-state index contributed by atoms with van der Waals surface area (Å²) in [5.74, 6) is 0.954. The Kier molecular flexibility index (Phi) is 5.06. The lowest BCUT2D eigenvalue weighted by Gasteiger charge is -2.15. The Morgan fingerprint density at radius 3 is 2.54 bits per heavy atom. The molecule has 0 atom stereocenters. The molecule has 0 fully saturated rings. The van der Waals surface area contributed by atoms with Gasteiger partial charge in [0.05, 0.1) is 0 Å². The van der Waals surface area contributed by atoms with Gasteiger partial charge in [0, 0.05) is 19.7 Å². The van der Waals surface area contributed by atoms with Crippen LogP contribution in [0.4, 0.5) is 0 Å². The third-order valence-corrected chi connectivity index (χ3v) is 5.55. The van der Waals surface area contributed by atoms with Gasteiger partial charge in [0.25, 0.3) is 5.89 Å². The van der Waals surface area contributed by atoms with Crippen molar-refractivity contribution in [1.29, 1.82) is 0 Å². The van der Waals surface area contributed by atoms with Crippen LogP contribution in [0.3, 0.4) is 0 Å². The fraction of sp³-hybridized carbons (Fsp3) is 0.222.